The lowest BCUT2D eigenvalue weighted by molar-refractivity contribution is 0.0468. The number of nitrogens with zero attached hydrogens (tertiary/aromatic N) is 5. The first-order chi connectivity index (χ1) is 17.7. The Balaban J connectivity index is 1.50. The molecule has 2 fully saturated rings. The second-order valence-electron chi connectivity index (χ2n) is 10.2. The second-order valence-corrected chi connectivity index (χ2v) is 10.2. The Kier molecular flexibility index (Phi) is 7.96. The van der Waals surface area contributed by atoms with Crippen LogP contribution < -0.4 is 10.3 Å². The molecule has 3 heterocycles. The number of H-pyrrole nitrogens is 1. The molecule has 194 valence electrons. The summed E-state index contributed by atoms with van der Waals surface area (Å²) in [5, 5.41) is 14.1. The molecule has 1 aliphatic heterocycles. The Morgan fingerprint density at radius 1 is 1.19 bits per heavy atom. The van der Waals surface area contributed by atoms with Crippen molar-refractivity contribution >= 4 is 10.9 Å². The molecular formula is C27H38N6O3. The highest BCUT2D eigenvalue weighted by Crippen LogP contribution is 2.33. The summed E-state index contributed by atoms with van der Waals surface area (Å²) in [7, 11) is 1.66. The summed E-state index contributed by atoms with van der Waals surface area (Å²) in [5.74, 6) is 1.69. The van der Waals surface area contributed by atoms with Crippen LogP contribution in [0.1, 0.15) is 88.2 Å². The molecule has 1 saturated heterocycles. The van der Waals surface area contributed by atoms with Crippen LogP contribution in [0.5, 0.6) is 5.75 Å². The number of hydrogen-bond acceptors (Lipinski definition) is 7. The number of rotatable bonds is 10. The summed E-state index contributed by atoms with van der Waals surface area (Å²) in [5.41, 5.74) is 1.47. The van der Waals surface area contributed by atoms with E-state index in [2.05, 4.69) is 37.0 Å². The molecule has 1 aliphatic carbocycles. The Morgan fingerprint density at radius 2 is 2.06 bits per heavy atom. The molecule has 0 radical (unpaired) electrons. The van der Waals surface area contributed by atoms with E-state index in [1.807, 2.05) is 24.3 Å². The van der Waals surface area contributed by atoms with Crippen LogP contribution in [0.25, 0.3) is 10.9 Å². The van der Waals surface area contributed by atoms with Gasteiger partial charge in [-0.15, -0.1) is 5.10 Å². The topological polar surface area (TPSA) is 98.2 Å². The third-order valence-corrected chi connectivity index (χ3v) is 7.70. The van der Waals surface area contributed by atoms with Gasteiger partial charge in [-0.1, -0.05) is 32.6 Å². The number of aromatic amines is 1. The summed E-state index contributed by atoms with van der Waals surface area (Å²) in [6.45, 7) is 4.25. The molecule has 9 heteroatoms. The molecule has 5 rings (SSSR count). The number of methoxy groups -OCH3 is 1. The smallest absolute Gasteiger partial charge is 0.252 e. The average molecular weight is 495 g/mol. The fourth-order valence-corrected chi connectivity index (χ4v) is 5.80. The molecule has 9 nitrogen and oxygen atoms in total. The van der Waals surface area contributed by atoms with E-state index in [1.165, 1.54) is 19.3 Å². The highest BCUT2D eigenvalue weighted by molar-refractivity contribution is 5.80. The number of tetrazole rings is 1. The lowest BCUT2D eigenvalue weighted by Gasteiger charge is -2.33. The van der Waals surface area contributed by atoms with Gasteiger partial charge >= 0.3 is 0 Å². The fourth-order valence-electron chi connectivity index (χ4n) is 5.80. The Hall–Kier alpha value is -2.78. The van der Waals surface area contributed by atoms with Gasteiger partial charge in [0.05, 0.1) is 25.3 Å². The van der Waals surface area contributed by atoms with E-state index in [0.29, 0.717) is 12.6 Å². The molecule has 1 saturated carbocycles. The van der Waals surface area contributed by atoms with Crippen molar-refractivity contribution in [2.45, 2.75) is 89.4 Å². The molecule has 1 N–H and O–H groups in total. The zero-order valence-electron chi connectivity index (χ0n) is 21.5. The zero-order valence-corrected chi connectivity index (χ0v) is 21.5. The predicted octanol–water partition coefficient (Wildman–Crippen LogP) is 4.55. The minimum absolute atomic E-state index is 0.0107. The van der Waals surface area contributed by atoms with Crippen LogP contribution in [0.3, 0.4) is 0 Å². The summed E-state index contributed by atoms with van der Waals surface area (Å²) in [6, 6.07) is 8.07. The van der Waals surface area contributed by atoms with E-state index >= 15 is 0 Å². The zero-order chi connectivity index (χ0) is 24.9. The molecule has 36 heavy (non-hydrogen) atoms. The van der Waals surface area contributed by atoms with Gasteiger partial charge in [0, 0.05) is 36.2 Å². The molecule has 2 atom stereocenters. The van der Waals surface area contributed by atoms with E-state index in [9.17, 15) is 4.79 Å². The molecule has 2 aliphatic rings. The van der Waals surface area contributed by atoms with E-state index < -0.39 is 0 Å². The van der Waals surface area contributed by atoms with Gasteiger partial charge in [-0.25, -0.2) is 4.68 Å². The van der Waals surface area contributed by atoms with Crippen LogP contribution in [0, 0.1) is 0 Å². The normalized spacial score (nSPS) is 19.8. The number of benzene rings is 1. The first-order valence-corrected chi connectivity index (χ1v) is 13.5. The summed E-state index contributed by atoms with van der Waals surface area (Å²) in [4.78, 5) is 18.6. The molecule has 1 aromatic carbocycles. The quantitative estimate of drug-likeness (QED) is 0.441. The van der Waals surface area contributed by atoms with Crippen LogP contribution in [-0.4, -0.2) is 56.5 Å². The molecule has 0 bridgehead atoms. The Labute approximate surface area is 212 Å². The van der Waals surface area contributed by atoms with Crippen molar-refractivity contribution in [2.24, 2.45) is 0 Å². The summed E-state index contributed by atoms with van der Waals surface area (Å²) in [6.07, 6.45) is 10.1. The van der Waals surface area contributed by atoms with E-state index in [1.54, 1.807) is 7.11 Å². The monoisotopic (exact) mass is 494 g/mol. The molecule has 2 aromatic heterocycles. The van der Waals surface area contributed by atoms with Crippen LogP contribution >= 0.6 is 0 Å². The first-order valence-electron chi connectivity index (χ1n) is 13.5. The Morgan fingerprint density at radius 3 is 2.81 bits per heavy atom. The van der Waals surface area contributed by atoms with Crippen LogP contribution in [0.2, 0.25) is 0 Å². The van der Waals surface area contributed by atoms with Crippen LogP contribution in [0.4, 0.5) is 0 Å². The van der Waals surface area contributed by atoms with Crippen molar-refractivity contribution in [2.75, 3.05) is 20.3 Å². The average Bonchev–Trinajstić information content (AvgIpc) is 3.60. The van der Waals surface area contributed by atoms with Gasteiger partial charge in [-0.3, -0.25) is 9.69 Å². The number of pyridine rings is 1. The van der Waals surface area contributed by atoms with Gasteiger partial charge in [0.1, 0.15) is 5.75 Å². The first kappa shape index (κ1) is 24.9. The van der Waals surface area contributed by atoms with Crippen LogP contribution in [0.15, 0.2) is 29.1 Å². The third kappa shape index (κ3) is 5.47. The van der Waals surface area contributed by atoms with Crippen molar-refractivity contribution in [1.29, 1.82) is 0 Å². The molecule has 3 aromatic rings. The van der Waals surface area contributed by atoms with Gasteiger partial charge in [0.15, 0.2) is 5.82 Å². The maximum atomic E-state index is 13.2. The van der Waals surface area contributed by atoms with Gasteiger partial charge < -0.3 is 14.5 Å². The van der Waals surface area contributed by atoms with Crippen molar-refractivity contribution in [3.8, 4) is 5.75 Å². The number of aromatic nitrogens is 5. The highest BCUT2D eigenvalue weighted by atomic mass is 16.5. The third-order valence-electron chi connectivity index (χ3n) is 7.70. The van der Waals surface area contributed by atoms with Crippen molar-refractivity contribution < 1.29 is 9.47 Å². The molecular weight excluding hydrogens is 456 g/mol. The number of hydrogen-bond donors (Lipinski definition) is 1. The van der Waals surface area contributed by atoms with Gasteiger partial charge in [0.2, 0.25) is 0 Å². The van der Waals surface area contributed by atoms with Crippen LogP contribution in [-0.2, 0) is 11.3 Å². The lowest BCUT2D eigenvalue weighted by atomic mass is 9.95. The van der Waals surface area contributed by atoms with E-state index in [-0.39, 0.29) is 17.7 Å². The summed E-state index contributed by atoms with van der Waals surface area (Å²) >= 11 is 0. The minimum atomic E-state index is -0.0628. The SMILES string of the molecule is CCC[C@@H](c1nnnn1C1CCCCC1)N(Cc1cc2cc(OC)ccc2[nH]c1=O)C[C@@H]1CCCO1. The summed E-state index contributed by atoms with van der Waals surface area (Å²) < 4.78 is 13.5. The molecule has 0 unspecified atom stereocenters. The van der Waals surface area contributed by atoms with E-state index in [4.69, 9.17) is 9.47 Å². The maximum Gasteiger partial charge on any atom is 0.252 e. The van der Waals surface area contributed by atoms with Crippen molar-refractivity contribution in [3.05, 3.63) is 46.0 Å². The fraction of sp³-hybridized carbons (Fsp3) is 0.630. The second kappa shape index (κ2) is 11.5. The number of ether oxygens (including phenoxy) is 2. The maximum absolute atomic E-state index is 13.2. The molecule has 0 spiro atoms. The molecule has 0 amide bonds. The van der Waals surface area contributed by atoms with Gasteiger partial charge in [0.25, 0.3) is 5.56 Å². The predicted molar refractivity (Wildman–Crippen MR) is 138 cm³/mol. The number of fused-ring (bicyclic) bond motifs is 1. The van der Waals surface area contributed by atoms with Gasteiger partial charge in [-0.05, 0) is 66.8 Å². The highest BCUT2D eigenvalue weighted by Gasteiger charge is 2.32. The number of nitrogens with one attached hydrogen (secondary N) is 1. The lowest BCUT2D eigenvalue weighted by Crippen LogP contribution is -2.38. The minimum Gasteiger partial charge on any atom is -0.497 e. The van der Waals surface area contributed by atoms with E-state index in [0.717, 1.165) is 79.7 Å². The van der Waals surface area contributed by atoms with Crippen molar-refractivity contribution in [1.82, 2.24) is 30.1 Å². The van der Waals surface area contributed by atoms with Gasteiger partial charge in [-0.2, -0.15) is 0 Å². The Bertz CT molecular complexity index is 1200. The largest absolute Gasteiger partial charge is 0.497 e. The standard InChI is InChI=1S/C27H38N6O3/c1-3-8-25(26-29-30-31-33(26)21-9-5-4-6-10-21)32(18-23-11-7-14-36-23)17-20-15-19-16-22(35-2)12-13-24(19)28-27(20)34/h12-13,15-16,21,23,25H,3-11,14,17-18H2,1-2H3,(H,28,34)/t23-,25-/m0/s1. The van der Waals surface area contributed by atoms with Crippen molar-refractivity contribution in [3.63, 3.8) is 0 Å².